The van der Waals surface area contributed by atoms with Crippen molar-refractivity contribution in [1.29, 1.82) is 0 Å². The van der Waals surface area contributed by atoms with Gasteiger partial charge in [0.1, 0.15) is 0 Å². The molecule has 20 heavy (non-hydrogen) atoms. The van der Waals surface area contributed by atoms with Gasteiger partial charge in [0.25, 0.3) is 0 Å². The quantitative estimate of drug-likeness (QED) is 0.828. The van der Waals surface area contributed by atoms with Gasteiger partial charge >= 0.3 is 0 Å². The number of hydrogen-bond acceptors (Lipinski definition) is 1. The average molecular weight is 274 g/mol. The Morgan fingerprint density at radius 3 is 2.35 bits per heavy atom. The van der Waals surface area contributed by atoms with E-state index in [1.165, 1.54) is 30.4 Å². The number of rotatable bonds is 4. The third-order valence-electron chi connectivity index (χ3n) is 5.71. The van der Waals surface area contributed by atoms with Crippen LogP contribution < -0.4 is 0 Å². The molecule has 0 heterocycles. The molecule has 1 aromatic rings. The molecule has 1 aliphatic carbocycles. The van der Waals surface area contributed by atoms with Gasteiger partial charge in [0, 0.05) is 6.42 Å². The molecule has 1 saturated carbocycles. The largest absolute Gasteiger partial charge is 0.390 e. The maximum atomic E-state index is 10.9. The van der Waals surface area contributed by atoms with Gasteiger partial charge in [-0.3, -0.25) is 0 Å². The SMILES string of the molecule is CCC(C)(C)C1CCC(O)(Cc2ccccc2C)CC1. The lowest BCUT2D eigenvalue weighted by atomic mass is 9.65. The first kappa shape index (κ1) is 15.6. The Balaban J connectivity index is 2.00. The molecule has 0 saturated heterocycles. The highest BCUT2D eigenvalue weighted by Crippen LogP contribution is 2.44. The van der Waals surface area contributed by atoms with E-state index in [0.717, 1.165) is 25.2 Å². The highest BCUT2D eigenvalue weighted by molar-refractivity contribution is 5.27. The Bertz CT molecular complexity index is 439. The van der Waals surface area contributed by atoms with Crippen LogP contribution in [0.5, 0.6) is 0 Å². The van der Waals surface area contributed by atoms with Gasteiger partial charge < -0.3 is 5.11 Å². The first-order chi connectivity index (χ1) is 9.36. The van der Waals surface area contributed by atoms with E-state index in [2.05, 4.69) is 52.0 Å². The van der Waals surface area contributed by atoms with Gasteiger partial charge in [-0.15, -0.1) is 0 Å². The molecule has 0 bridgehead atoms. The van der Waals surface area contributed by atoms with Crippen LogP contribution in [0.3, 0.4) is 0 Å². The predicted octanol–water partition coefficient (Wildman–Crippen LogP) is 4.90. The number of aryl methyl sites for hydroxylation is 1. The molecule has 2 rings (SSSR count). The summed E-state index contributed by atoms with van der Waals surface area (Å²) in [5, 5.41) is 10.9. The summed E-state index contributed by atoms with van der Waals surface area (Å²) < 4.78 is 0. The van der Waals surface area contributed by atoms with Gasteiger partial charge in [0.2, 0.25) is 0 Å². The maximum absolute atomic E-state index is 10.9. The minimum Gasteiger partial charge on any atom is -0.390 e. The van der Waals surface area contributed by atoms with Crippen LogP contribution in [0.1, 0.15) is 64.0 Å². The van der Waals surface area contributed by atoms with Crippen molar-refractivity contribution in [3.8, 4) is 0 Å². The predicted molar refractivity (Wildman–Crippen MR) is 85.9 cm³/mol. The first-order valence-electron chi connectivity index (χ1n) is 8.13. The van der Waals surface area contributed by atoms with E-state index in [-0.39, 0.29) is 0 Å². The third kappa shape index (κ3) is 3.44. The zero-order valence-electron chi connectivity index (χ0n) is 13.6. The molecular formula is C19H30O. The third-order valence-corrected chi connectivity index (χ3v) is 5.71. The van der Waals surface area contributed by atoms with Crippen molar-refractivity contribution in [3.05, 3.63) is 35.4 Å². The monoisotopic (exact) mass is 274 g/mol. The molecule has 1 heteroatoms. The van der Waals surface area contributed by atoms with Gasteiger partial charge in [-0.2, -0.15) is 0 Å². The van der Waals surface area contributed by atoms with E-state index in [9.17, 15) is 5.11 Å². The van der Waals surface area contributed by atoms with Crippen molar-refractivity contribution in [2.75, 3.05) is 0 Å². The number of aliphatic hydroxyl groups is 1. The second-order valence-corrected chi connectivity index (χ2v) is 7.44. The van der Waals surface area contributed by atoms with Crippen LogP contribution in [-0.4, -0.2) is 10.7 Å². The van der Waals surface area contributed by atoms with E-state index >= 15 is 0 Å². The molecule has 1 aliphatic rings. The van der Waals surface area contributed by atoms with Gasteiger partial charge in [-0.1, -0.05) is 51.5 Å². The average Bonchev–Trinajstić information content (AvgIpc) is 2.42. The molecule has 112 valence electrons. The second-order valence-electron chi connectivity index (χ2n) is 7.44. The van der Waals surface area contributed by atoms with Crippen molar-refractivity contribution < 1.29 is 5.11 Å². The molecule has 1 fully saturated rings. The lowest BCUT2D eigenvalue weighted by Gasteiger charge is -2.42. The summed E-state index contributed by atoms with van der Waals surface area (Å²) in [4.78, 5) is 0. The Hall–Kier alpha value is -0.820. The summed E-state index contributed by atoms with van der Waals surface area (Å²) in [6, 6.07) is 8.46. The highest BCUT2D eigenvalue weighted by atomic mass is 16.3. The van der Waals surface area contributed by atoms with Crippen LogP contribution in [0.4, 0.5) is 0 Å². The molecule has 0 atom stereocenters. The summed E-state index contributed by atoms with van der Waals surface area (Å²) in [6.07, 6.45) is 6.30. The van der Waals surface area contributed by atoms with Crippen molar-refractivity contribution >= 4 is 0 Å². The Morgan fingerprint density at radius 2 is 1.80 bits per heavy atom. The van der Waals surface area contributed by atoms with E-state index in [1.54, 1.807) is 0 Å². The lowest BCUT2D eigenvalue weighted by Crippen LogP contribution is -2.39. The van der Waals surface area contributed by atoms with Crippen molar-refractivity contribution in [3.63, 3.8) is 0 Å². The molecule has 0 radical (unpaired) electrons. The topological polar surface area (TPSA) is 20.2 Å². The minimum absolute atomic E-state index is 0.421. The van der Waals surface area contributed by atoms with Crippen molar-refractivity contribution in [2.24, 2.45) is 11.3 Å². The summed E-state index contributed by atoms with van der Waals surface area (Å²) in [6.45, 7) is 9.19. The zero-order chi connectivity index (χ0) is 14.8. The summed E-state index contributed by atoms with van der Waals surface area (Å²) >= 11 is 0. The fourth-order valence-electron chi connectivity index (χ4n) is 3.57. The standard InChI is InChI=1S/C19H30O/c1-5-18(3,4)17-10-12-19(20,13-11-17)14-16-9-7-6-8-15(16)2/h6-9,17,20H,5,10-14H2,1-4H3. The van der Waals surface area contributed by atoms with E-state index in [4.69, 9.17) is 0 Å². The molecule has 0 aliphatic heterocycles. The normalized spacial score (nSPS) is 27.6. The fraction of sp³-hybridized carbons (Fsp3) is 0.684. The Labute approximate surface area is 124 Å². The van der Waals surface area contributed by atoms with Crippen molar-refractivity contribution in [2.45, 2.75) is 71.8 Å². The van der Waals surface area contributed by atoms with Crippen LogP contribution >= 0.6 is 0 Å². The maximum Gasteiger partial charge on any atom is 0.0688 e. The van der Waals surface area contributed by atoms with Gasteiger partial charge in [-0.25, -0.2) is 0 Å². The van der Waals surface area contributed by atoms with E-state index < -0.39 is 5.60 Å². The van der Waals surface area contributed by atoms with E-state index in [0.29, 0.717) is 5.41 Å². The molecule has 1 aromatic carbocycles. The highest BCUT2D eigenvalue weighted by Gasteiger charge is 2.38. The summed E-state index contributed by atoms with van der Waals surface area (Å²) in [7, 11) is 0. The van der Waals surface area contributed by atoms with Gasteiger partial charge in [-0.05, 0) is 55.1 Å². The van der Waals surface area contributed by atoms with Gasteiger partial charge in [0.15, 0.2) is 0 Å². The van der Waals surface area contributed by atoms with Gasteiger partial charge in [0.05, 0.1) is 5.60 Å². The number of benzene rings is 1. The Morgan fingerprint density at radius 1 is 1.20 bits per heavy atom. The van der Waals surface area contributed by atoms with Crippen LogP contribution in [0.15, 0.2) is 24.3 Å². The molecule has 0 spiro atoms. The molecular weight excluding hydrogens is 244 g/mol. The minimum atomic E-state index is -0.480. The van der Waals surface area contributed by atoms with Crippen LogP contribution in [-0.2, 0) is 6.42 Å². The molecule has 0 amide bonds. The smallest absolute Gasteiger partial charge is 0.0688 e. The second kappa shape index (κ2) is 5.89. The Kier molecular flexibility index (Phi) is 4.59. The molecule has 0 aromatic heterocycles. The summed E-state index contributed by atoms with van der Waals surface area (Å²) in [5.74, 6) is 0.768. The van der Waals surface area contributed by atoms with E-state index in [1.807, 2.05) is 0 Å². The number of hydrogen-bond donors (Lipinski definition) is 1. The molecule has 1 nitrogen and oxygen atoms in total. The van der Waals surface area contributed by atoms with Crippen LogP contribution in [0.25, 0.3) is 0 Å². The zero-order valence-corrected chi connectivity index (χ0v) is 13.6. The van der Waals surface area contributed by atoms with Crippen molar-refractivity contribution in [1.82, 2.24) is 0 Å². The van der Waals surface area contributed by atoms with Crippen LogP contribution in [0, 0.1) is 18.3 Å². The molecule has 1 N–H and O–H groups in total. The van der Waals surface area contributed by atoms with Crippen LogP contribution in [0.2, 0.25) is 0 Å². The molecule has 0 unspecified atom stereocenters. The first-order valence-corrected chi connectivity index (χ1v) is 8.13. The summed E-state index contributed by atoms with van der Waals surface area (Å²) in [5.41, 5.74) is 2.55. The lowest BCUT2D eigenvalue weighted by molar-refractivity contribution is -0.0277. The fourth-order valence-corrected chi connectivity index (χ4v) is 3.57.